The van der Waals surface area contributed by atoms with Crippen LogP contribution >= 0.6 is 11.8 Å². The summed E-state index contributed by atoms with van der Waals surface area (Å²) < 4.78 is 24.8. The first-order chi connectivity index (χ1) is 15.5. The van der Waals surface area contributed by atoms with Crippen LogP contribution in [0.5, 0.6) is 5.75 Å². The fourth-order valence-electron chi connectivity index (χ4n) is 3.43. The van der Waals surface area contributed by atoms with Crippen LogP contribution in [0, 0.1) is 12.7 Å². The molecule has 0 radical (unpaired) electrons. The van der Waals surface area contributed by atoms with Gasteiger partial charge in [-0.25, -0.2) is 14.2 Å². The van der Waals surface area contributed by atoms with E-state index < -0.39 is 5.97 Å². The second-order valence-corrected chi connectivity index (χ2v) is 8.29. The highest BCUT2D eigenvalue weighted by Crippen LogP contribution is 2.37. The van der Waals surface area contributed by atoms with E-state index in [9.17, 15) is 9.18 Å². The second-order valence-electron chi connectivity index (χ2n) is 7.33. The highest BCUT2D eigenvalue weighted by molar-refractivity contribution is 7.98. The largest absolute Gasteiger partial charge is 0.487 e. The van der Waals surface area contributed by atoms with E-state index in [0.29, 0.717) is 33.0 Å². The van der Waals surface area contributed by atoms with Gasteiger partial charge in [-0.3, -0.25) is 0 Å². The van der Waals surface area contributed by atoms with E-state index >= 15 is 0 Å². The Bertz CT molecular complexity index is 1280. The first kappa shape index (κ1) is 21.8. The van der Waals surface area contributed by atoms with Crippen molar-refractivity contribution in [1.82, 2.24) is 4.98 Å². The molecule has 1 aromatic heterocycles. The Hall–Kier alpha value is -3.38. The number of fused-ring (bicyclic) bond motifs is 1. The third-order valence-electron chi connectivity index (χ3n) is 4.93. The number of aryl methyl sites for hydroxylation is 1. The van der Waals surface area contributed by atoms with Crippen molar-refractivity contribution in [2.45, 2.75) is 24.3 Å². The minimum Gasteiger partial charge on any atom is -0.487 e. The first-order valence-corrected chi connectivity index (χ1v) is 11.1. The molecule has 0 N–H and O–H groups in total. The molecule has 0 aliphatic carbocycles. The van der Waals surface area contributed by atoms with E-state index in [1.165, 1.54) is 36.6 Å². The summed E-state index contributed by atoms with van der Waals surface area (Å²) in [6.07, 6.45) is 0. The van der Waals surface area contributed by atoms with Crippen molar-refractivity contribution < 1.29 is 18.7 Å². The average molecular weight is 448 g/mol. The summed E-state index contributed by atoms with van der Waals surface area (Å²) in [6.45, 7) is 2.15. The molecular weight excluding hydrogens is 425 g/mol. The topological polar surface area (TPSA) is 48.4 Å². The molecular formula is C26H22FNO3S. The number of carbonyl (C=O) groups excluding carboxylic acids is 1. The molecule has 4 aromatic rings. The number of methoxy groups -OCH3 is 1. The predicted octanol–water partition coefficient (Wildman–Crippen LogP) is 6.34. The van der Waals surface area contributed by atoms with Gasteiger partial charge in [0.15, 0.2) is 0 Å². The van der Waals surface area contributed by atoms with Gasteiger partial charge in [0.05, 0.1) is 12.6 Å². The van der Waals surface area contributed by atoms with Crippen molar-refractivity contribution in [3.63, 3.8) is 0 Å². The van der Waals surface area contributed by atoms with E-state index in [1.54, 1.807) is 12.1 Å². The summed E-state index contributed by atoms with van der Waals surface area (Å²) in [5.74, 6) is 0.163. The summed E-state index contributed by atoms with van der Waals surface area (Å²) in [5.41, 5.74) is 3.95. The van der Waals surface area contributed by atoms with Gasteiger partial charge in [-0.1, -0.05) is 54.1 Å². The molecule has 0 aliphatic heterocycles. The number of thioether (sulfide) groups is 1. The van der Waals surface area contributed by atoms with Crippen molar-refractivity contribution in [2.75, 3.05) is 7.11 Å². The molecule has 0 bridgehead atoms. The van der Waals surface area contributed by atoms with Crippen molar-refractivity contribution in [2.24, 2.45) is 0 Å². The Morgan fingerprint density at radius 1 is 1.00 bits per heavy atom. The lowest BCUT2D eigenvalue weighted by atomic mass is 10.1. The lowest BCUT2D eigenvalue weighted by molar-refractivity contribution is 0.0590. The number of benzene rings is 3. The van der Waals surface area contributed by atoms with Crippen LogP contribution in [0.1, 0.15) is 27.0 Å². The highest BCUT2D eigenvalue weighted by Gasteiger charge is 2.24. The number of hydrogen-bond acceptors (Lipinski definition) is 5. The number of esters is 1. The van der Waals surface area contributed by atoms with Crippen molar-refractivity contribution >= 4 is 28.6 Å². The lowest BCUT2D eigenvalue weighted by Gasteiger charge is -2.16. The number of aromatic nitrogens is 1. The molecule has 0 fully saturated rings. The lowest BCUT2D eigenvalue weighted by Crippen LogP contribution is -2.10. The van der Waals surface area contributed by atoms with Gasteiger partial charge in [-0.2, -0.15) is 0 Å². The zero-order chi connectivity index (χ0) is 22.5. The molecule has 6 heteroatoms. The Morgan fingerprint density at radius 3 is 2.56 bits per heavy atom. The maximum atomic E-state index is 13.6. The smallest absolute Gasteiger partial charge is 0.344 e. The Balaban J connectivity index is 1.75. The molecule has 4 nitrogen and oxygen atoms in total. The number of rotatable bonds is 7. The first-order valence-electron chi connectivity index (χ1n) is 10.1. The number of halogens is 1. The molecule has 0 saturated carbocycles. The van der Waals surface area contributed by atoms with E-state index in [2.05, 4.69) is 6.07 Å². The number of nitrogens with zero attached hydrogens (tertiary/aromatic N) is 1. The molecule has 0 saturated heterocycles. The van der Waals surface area contributed by atoms with Crippen molar-refractivity contribution in [3.8, 4) is 5.75 Å². The average Bonchev–Trinajstić information content (AvgIpc) is 2.80. The van der Waals surface area contributed by atoms with E-state index in [1.807, 2.05) is 49.4 Å². The number of ether oxygens (including phenoxy) is 2. The quantitative estimate of drug-likeness (QED) is 0.244. The highest BCUT2D eigenvalue weighted by atomic mass is 32.2. The normalized spacial score (nSPS) is 10.8. The summed E-state index contributed by atoms with van der Waals surface area (Å²) in [5, 5.41) is 1.23. The van der Waals surface area contributed by atoms with Gasteiger partial charge in [-0.15, -0.1) is 11.8 Å². The fraction of sp³-hybridized carbons (Fsp3) is 0.154. The number of carbonyl (C=O) groups is 1. The maximum Gasteiger partial charge on any atom is 0.344 e. The number of para-hydroxylation sites is 1. The minimum atomic E-state index is -0.524. The van der Waals surface area contributed by atoms with Gasteiger partial charge in [0.2, 0.25) is 0 Å². The van der Waals surface area contributed by atoms with Gasteiger partial charge in [0, 0.05) is 11.1 Å². The molecule has 0 aliphatic rings. The molecule has 4 rings (SSSR count). The zero-order valence-electron chi connectivity index (χ0n) is 17.8. The van der Waals surface area contributed by atoms with E-state index in [0.717, 1.165) is 5.56 Å². The SMILES string of the molecule is COC(=O)c1c(SCc2cccc(C)c2)nc2ccccc2c1OCc1cccc(F)c1. The van der Waals surface area contributed by atoms with E-state index in [-0.39, 0.29) is 18.0 Å². The van der Waals surface area contributed by atoms with Crippen LogP contribution in [0.4, 0.5) is 4.39 Å². The van der Waals surface area contributed by atoms with Gasteiger partial charge >= 0.3 is 5.97 Å². The van der Waals surface area contributed by atoms with Crippen LogP contribution < -0.4 is 4.74 Å². The number of pyridine rings is 1. The van der Waals surface area contributed by atoms with Crippen LogP contribution in [0.15, 0.2) is 77.8 Å². The Kier molecular flexibility index (Phi) is 6.71. The Labute approximate surface area is 190 Å². The fourth-order valence-corrected chi connectivity index (χ4v) is 4.40. The summed E-state index contributed by atoms with van der Waals surface area (Å²) in [6, 6.07) is 21.9. The minimum absolute atomic E-state index is 0.109. The summed E-state index contributed by atoms with van der Waals surface area (Å²) >= 11 is 1.45. The number of hydrogen-bond donors (Lipinski definition) is 0. The summed E-state index contributed by atoms with van der Waals surface area (Å²) in [4.78, 5) is 17.5. The molecule has 0 spiro atoms. The zero-order valence-corrected chi connectivity index (χ0v) is 18.6. The molecule has 3 aromatic carbocycles. The van der Waals surface area contributed by atoms with Crippen LogP contribution in [-0.4, -0.2) is 18.1 Å². The molecule has 0 unspecified atom stereocenters. The van der Waals surface area contributed by atoms with Gasteiger partial charge in [0.1, 0.15) is 28.8 Å². The molecule has 162 valence electrons. The third kappa shape index (κ3) is 4.92. The molecule has 0 amide bonds. The van der Waals surface area contributed by atoms with Crippen LogP contribution in [0.3, 0.4) is 0 Å². The monoisotopic (exact) mass is 447 g/mol. The van der Waals surface area contributed by atoms with Crippen LogP contribution in [0.2, 0.25) is 0 Å². The van der Waals surface area contributed by atoms with Gasteiger partial charge in [0.25, 0.3) is 0 Å². The van der Waals surface area contributed by atoms with Gasteiger partial charge < -0.3 is 9.47 Å². The molecule has 32 heavy (non-hydrogen) atoms. The van der Waals surface area contributed by atoms with Crippen molar-refractivity contribution in [1.29, 1.82) is 0 Å². The van der Waals surface area contributed by atoms with E-state index in [4.69, 9.17) is 14.5 Å². The van der Waals surface area contributed by atoms with Gasteiger partial charge in [-0.05, 0) is 42.3 Å². The standard InChI is InChI=1S/C26H22FNO3S/c1-17-7-5-9-19(13-17)16-32-25-23(26(29)30-2)24(21-11-3-4-12-22(21)28-25)31-15-18-8-6-10-20(27)14-18/h3-14H,15-16H2,1-2H3. The predicted molar refractivity (Wildman–Crippen MR) is 125 cm³/mol. The van der Waals surface area contributed by atoms with Crippen LogP contribution in [0.25, 0.3) is 10.9 Å². The Morgan fingerprint density at radius 2 is 1.78 bits per heavy atom. The maximum absolute atomic E-state index is 13.6. The van der Waals surface area contributed by atoms with Crippen LogP contribution in [-0.2, 0) is 17.1 Å². The third-order valence-corrected chi connectivity index (χ3v) is 5.98. The summed E-state index contributed by atoms with van der Waals surface area (Å²) in [7, 11) is 1.34. The van der Waals surface area contributed by atoms with Crippen molar-refractivity contribution in [3.05, 3.63) is 101 Å². The molecule has 1 heterocycles. The molecule has 0 atom stereocenters. The second kappa shape index (κ2) is 9.83.